The number of phenols is 1. The fourth-order valence-electron chi connectivity index (χ4n) is 2.08. The van der Waals surface area contributed by atoms with Crippen LogP contribution in [0.3, 0.4) is 0 Å². The van der Waals surface area contributed by atoms with Crippen molar-refractivity contribution >= 4 is 11.1 Å². The van der Waals surface area contributed by atoms with Crippen molar-refractivity contribution in [3.8, 4) is 11.5 Å². The van der Waals surface area contributed by atoms with Crippen LogP contribution in [-0.2, 0) is 6.42 Å². The molecule has 20 heavy (non-hydrogen) atoms. The summed E-state index contributed by atoms with van der Waals surface area (Å²) in [6.07, 6.45) is 0.613. The van der Waals surface area contributed by atoms with Gasteiger partial charge in [0.05, 0.1) is 6.61 Å². The molecule has 1 N–H and O–H groups in total. The third kappa shape index (κ3) is 2.59. The topological polar surface area (TPSA) is 55.5 Å². The number of ether oxygens (including phenoxy) is 1. The lowest BCUT2D eigenvalue weighted by Gasteiger charge is -2.03. The molecule has 0 saturated heterocycles. The van der Waals surface area contributed by atoms with Gasteiger partial charge in [0.15, 0.2) is 11.5 Å². The molecule has 1 aromatic heterocycles. The van der Waals surface area contributed by atoms with Crippen LogP contribution in [0.1, 0.15) is 18.4 Å². The number of hydrogen-bond donors (Lipinski definition) is 1. The third-order valence-corrected chi connectivity index (χ3v) is 3.01. The van der Waals surface area contributed by atoms with Crippen LogP contribution in [-0.4, -0.2) is 16.7 Å². The van der Waals surface area contributed by atoms with E-state index in [1.165, 1.54) is 0 Å². The van der Waals surface area contributed by atoms with E-state index < -0.39 is 0 Å². The van der Waals surface area contributed by atoms with Gasteiger partial charge in [0.2, 0.25) is 0 Å². The van der Waals surface area contributed by atoms with Gasteiger partial charge in [-0.15, -0.1) is 0 Å². The number of oxazole rings is 1. The number of rotatable bonds is 4. The number of hydrogen-bond acceptors (Lipinski definition) is 4. The van der Waals surface area contributed by atoms with Crippen molar-refractivity contribution in [2.45, 2.75) is 13.3 Å². The molecule has 1 heterocycles. The molecule has 0 radical (unpaired) electrons. The van der Waals surface area contributed by atoms with Crippen molar-refractivity contribution in [1.82, 2.24) is 4.98 Å². The minimum absolute atomic E-state index is 0.182. The van der Waals surface area contributed by atoms with Gasteiger partial charge in [-0.1, -0.05) is 12.1 Å². The maximum Gasteiger partial charge on any atom is 0.199 e. The molecule has 4 nitrogen and oxygen atoms in total. The summed E-state index contributed by atoms with van der Waals surface area (Å²) in [6, 6.07) is 12.8. The largest absolute Gasteiger partial charge is 0.508 e. The van der Waals surface area contributed by atoms with Crippen LogP contribution in [0.15, 0.2) is 46.9 Å². The monoisotopic (exact) mass is 269 g/mol. The Balaban J connectivity index is 1.81. The first kappa shape index (κ1) is 12.5. The van der Waals surface area contributed by atoms with Crippen LogP contribution in [0, 0.1) is 0 Å². The number of aromatic nitrogens is 1. The quantitative estimate of drug-likeness (QED) is 0.787. The number of fused-ring (bicyclic) bond motifs is 1. The van der Waals surface area contributed by atoms with Crippen molar-refractivity contribution < 1.29 is 14.3 Å². The molecule has 3 aromatic rings. The van der Waals surface area contributed by atoms with Gasteiger partial charge < -0.3 is 14.3 Å². The normalized spacial score (nSPS) is 10.8. The average Bonchev–Trinajstić information content (AvgIpc) is 2.82. The highest BCUT2D eigenvalue weighted by molar-refractivity contribution is 5.74. The summed E-state index contributed by atoms with van der Waals surface area (Å²) >= 11 is 0. The molecule has 2 aromatic carbocycles. The van der Waals surface area contributed by atoms with Gasteiger partial charge in [-0.2, -0.15) is 0 Å². The standard InChI is InChI=1S/C16H15NO3/c1-2-19-13-6-3-11(4-7-13)9-16-17-14-8-5-12(18)10-15(14)20-16/h3-8,10,18H,2,9H2,1H3. The van der Waals surface area contributed by atoms with Crippen LogP contribution in [0.5, 0.6) is 11.5 Å². The van der Waals surface area contributed by atoms with E-state index in [0.29, 0.717) is 24.5 Å². The highest BCUT2D eigenvalue weighted by atomic mass is 16.5. The minimum atomic E-state index is 0.182. The zero-order valence-corrected chi connectivity index (χ0v) is 11.2. The van der Waals surface area contributed by atoms with Crippen LogP contribution < -0.4 is 4.74 Å². The van der Waals surface area contributed by atoms with Crippen molar-refractivity contribution in [3.05, 3.63) is 53.9 Å². The fourth-order valence-corrected chi connectivity index (χ4v) is 2.08. The molecule has 0 atom stereocenters. The lowest BCUT2D eigenvalue weighted by atomic mass is 10.1. The number of phenolic OH excluding ortho intramolecular Hbond substituents is 1. The molecule has 0 aliphatic heterocycles. The molecule has 3 rings (SSSR count). The summed E-state index contributed by atoms with van der Waals surface area (Å²) in [5.74, 6) is 1.68. The highest BCUT2D eigenvalue weighted by Gasteiger charge is 2.07. The van der Waals surface area contributed by atoms with Gasteiger partial charge in [0.1, 0.15) is 17.0 Å². The van der Waals surface area contributed by atoms with E-state index in [1.807, 2.05) is 31.2 Å². The van der Waals surface area contributed by atoms with Crippen molar-refractivity contribution in [2.24, 2.45) is 0 Å². The number of nitrogens with zero attached hydrogens (tertiary/aromatic N) is 1. The Morgan fingerprint density at radius 3 is 2.70 bits per heavy atom. The Kier molecular flexibility index (Phi) is 3.29. The molecule has 0 fully saturated rings. The van der Waals surface area contributed by atoms with Crippen LogP contribution in [0.25, 0.3) is 11.1 Å². The highest BCUT2D eigenvalue weighted by Crippen LogP contribution is 2.22. The number of benzene rings is 2. The summed E-state index contributed by atoms with van der Waals surface area (Å²) in [6.45, 7) is 2.62. The predicted octanol–water partition coefficient (Wildman–Crippen LogP) is 3.52. The first-order valence-electron chi connectivity index (χ1n) is 6.55. The zero-order chi connectivity index (χ0) is 13.9. The first-order valence-corrected chi connectivity index (χ1v) is 6.55. The Bertz CT molecular complexity index is 716. The summed E-state index contributed by atoms with van der Waals surface area (Å²) in [5, 5.41) is 9.41. The van der Waals surface area contributed by atoms with E-state index in [2.05, 4.69) is 4.98 Å². The van der Waals surface area contributed by atoms with Gasteiger partial charge >= 0.3 is 0 Å². The second-order valence-corrected chi connectivity index (χ2v) is 4.51. The van der Waals surface area contributed by atoms with E-state index >= 15 is 0 Å². The van der Waals surface area contributed by atoms with Crippen molar-refractivity contribution in [2.75, 3.05) is 6.61 Å². The van der Waals surface area contributed by atoms with E-state index in [4.69, 9.17) is 9.15 Å². The van der Waals surface area contributed by atoms with Crippen LogP contribution in [0.2, 0.25) is 0 Å². The molecule has 0 bridgehead atoms. The van der Waals surface area contributed by atoms with Crippen LogP contribution >= 0.6 is 0 Å². The van der Waals surface area contributed by atoms with Crippen LogP contribution in [0.4, 0.5) is 0 Å². The van der Waals surface area contributed by atoms with Gasteiger partial charge in [0, 0.05) is 12.5 Å². The lowest BCUT2D eigenvalue weighted by Crippen LogP contribution is -1.92. The van der Waals surface area contributed by atoms with E-state index in [-0.39, 0.29) is 5.75 Å². The summed E-state index contributed by atoms with van der Waals surface area (Å²) in [7, 11) is 0. The lowest BCUT2D eigenvalue weighted by molar-refractivity contribution is 0.340. The minimum Gasteiger partial charge on any atom is -0.508 e. The maximum absolute atomic E-state index is 9.41. The molecule has 0 aliphatic carbocycles. The number of aromatic hydroxyl groups is 1. The van der Waals surface area contributed by atoms with Gasteiger partial charge in [0.25, 0.3) is 0 Å². The van der Waals surface area contributed by atoms with Crippen molar-refractivity contribution in [3.63, 3.8) is 0 Å². The Labute approximate surface area is 116 Å². The fraction of sp³-hybridized carbons (Fsp3) is 0.188. The molecule has 0 unspecified atom stereocenters. The molecule has 0 spiro atoms. The molecular weight excluding hydrogens is 254 g/mol. The maximum atomic E-state index is 9.41. The summed E-state index contributed by atoms with van der Waals surface area (Å²) in [4.78, 5) is 4.40. The Morgan fingerprint density at radius 1 is 1.15 bits per heavy atom. The SMILES string of the molecule is CCOc1ccc(Cc2nc3ccc(O)cc3o2)cc1. The molecular formula is C16H15NO3. The average molecular weight is 269 g/mol. The third-order valence-electron chi connectivity index (χ3n) is 3.01. The summed E-state index contributed by atoms with van der Waals surface area (Å²) < 4.78 is 11.0. The predicted molar refractivity (Wildman–Crippen MR) is 76.1 cm³/mol. The van der Waals surface area contributed by atoms with Gasteiger partial charge in [-0.05, 0) is 36.8 Å². The smallest absolute Gasteiger partial charge is 0.199 e. The molecule has 0 saturated carbocycles. The Morgan fingerprint density at radius 2 is 1.95 bits per heavy atom. The summed E-state index contributed by atoms with van der Waals surface area (Å²) in [5.41, 5.74) is 2.46. The second-order valence-electron chi connectivity index (χ2n) is 4.51. The van der Waals surface area contributed by atoms with Crippen molar-refractivity contribution in [1.29, 1.82) is 0 Å². The van der Waals surface area contributed by atoms with Gasteiger partial charge in [-0.25, -0.2) is 4.98 Å². The van der Waals surface area contributed by atoms with E-state index in [1.54, 1.807) is 18.2 Å². The first-order chi connectivity index (χ1) is 9.74. The molecule has 0 aliphatic rings. The van der Waals surface area contributed by atoms with E-state index in [0.717, 1.165) is 16.8 Å². The van der Waals surface area contributed by atoms with Gasteiger partial charge in [-0.3, -0.25) is 0 Å². The molecule has 0 amide bonds. The molecule has 4 heteroatoms. The van der Waals surface area contributed by atoms with E-state index in [9.17, 15) is 5.11 Å². The Hall–Kier alpha value is -2.49. The molecule has 102 valence electrons. The second kappa shape index (κ2) is 5.25. The zero-order valence-electron chi connectivity index (χ0n) is 11.2.